The van der Waals surface area contributed by atoms with Crippen molar-refractivity contribution in [3.8, 4) is 5.75 Å². The van der Waals surface area contributed by atoms with Crippen molar-refractivity contribution in [2.45, 2.75) is 0 Å². The van der Waals surface area contributed by atoms with Crippen molar-refractivity contribution in [1.82, 2.24) is 4.57 Å². The second kappa shape index (κ2) is 7.09. The number of anilines is 1. The molecule has 1 aromatic heterocycles. The third kappa shape index (κ3) is 3.63. The van der Waals surface area contributed by atoms with Gasteiger partial charge in [-0.3, -0.25) is 4.79 Å². The molecule has 6 nitrogen and oxygen atoms in total. The summed E-state index contributed by atoms with van der Waals surface area (Å²) in [6.45, 7) is -0.155. The number of aryl methyl sites for hydroxylation is 1. The fourth-order valence-electron chi connectivity index (χ4n) is 2.53. The minimum Gasteiger partial charge on any atom is -0.482 e. The van der Waals surface area contributed by atoms with E-state index in [1.165, 1.54) is 7.11 Å². The average Bonchev–Trinajstić information content (AvgIpc) is 3.02. The summed E-state index contributed by atoms with van der Waals surface area (Å²) in [4.78, 5) is 23.6. The number of carbonyl (C=O) groups excluding carboxylic acids is 2. The molecule has 6 heteroatoms. The molecule has 0 fully saturated rings. The Bertz CT molecular complexity index is 913. The summed E-state index contributed by atoms with van der Waals surface area (Å²) in [5.41, 5.74) is 2.26. The van der Waals surface area contributed by atoms with E-state index in [4.69, 9.17) is 4.74 Å². The molecule has 1 heterocycles. The summed E-state index contributed by atoms with van der Waals surface area (Å²) in [5.74, 6) is -0.109. The van der Waals surface area contributed by atoms with Gasteiger partial charge >= 0.3 is 5.97 Å². The van der Waals surface area contributed by atoms with Crippen molar-refractivity contribution in [3.05, 3.63) is 60.3 Å². The topological polar surface area (TPSA) is 69.6 Å². The Labute approximate surface area is 145 Å². The number of ether oxygens (including phenoxy) is 2. The quantitative estimate of drug-likeness (QED) is 0.726. The van der Waals surface area contributed by atoms with Crippen LogP contribution in [0, 0.1) is 0 Å². The molecule has 0 aliphatic carbocycles. The van der Waals surface area contributed by atoms with E-state index in [9.17, 15) is 9.59 Å². The van der Waals surface area contributed by atoms with E-state index in [1.807, 2.05) is 36.0 Å². The molecular formula is C19H18N2O4. The van der Waals surface area contributed by atoms with Crippen LogP contribution in [0.3, 0.4) is 0 Å². The Morgan fingerprint density at radius 3 is 2.56 bits per heavy atom. The number of hydrogen-bond donors (Lipinski definition) is 1. The molecule has 128 valence electrons. The predicted molar refractivity (Wildman–Crippen MR) is 94.8 cm³/mol. The van der Waals surface area contributed by atoms with Crippen molar-refractivity contribution in [3.63, 3.8) is 0 Å². The van der Waals surface area contributed by atoms with Gasteiger partial charge in [0.05, 0.1) is 7.11 Å². The molecule has 0 unspecified atom stereocenters. The normalized spacial score (nSPS) is 10.5. The average molecular weight is 338 g/mol. The minimum atomic E-state index is -0.451. The van der Waals surface area contributed by atoms with E-state index in [0.29, 0.717) is 17.0 Å². The zero-order chi connectivity index (χ0) is 17.8. The second-order valence-electron chi connectivity index (χ2n) is 5.51. The van der Waals surface area contributed by atoms with Gasteiger partial charge in [-0.05, 0) is 42.5 Å². The van der Waals surface area contributed by atoms with Crippen LogP contribution in [0.2, 0.25) is 0 Å². The van der Waals surface area contributed by atoms with Crippen LogP contribution in [-0.4, -0.2) is 30.2 Å². The number of nitrogens with one attached hydrogen (secondary N) is 1. The molecule has 0 bridgehead atoms. The van der Waals surface area contributed by atoms with Crippen LogP contribution < -0.4 is 10.1 Å². The third-order valence-corrected chi connectivity index (χ3v) is 3.87. The summed E-state index contributed by atoms with van der Waals surface area (Å²) in [6, 6.07) is 14.4. The molecule has 1 N–H and O–H groups in total. The Balaban J connectivity index is 1.71. The summed E-state index contributed by atoms with van der Waals surface area (Å²) in [5, 5.41) is 3.77. The molecule has 3 rings (SSSR count). The van der Waals surface area contributed by atoms with Gasteiger partial charge in [-0.2, -0.15) is 0 Å². The third-order valence-electron chi connectivity index (χ3n) is 3.87. The van der Waals surface area contributed by atoms with E-state index in [2.05, 4.69) is 10.1 Å². The second-order valence-corrected chi connectivity index (χ2v) is 5.51. The van der Waals surface area contributed by atoms with Crippen molar-refractivity contribution in [1.29, 1.82) is 0 Å². The molecule has 0 atom stereocenters. The number of benzene rings is 2. The van der Waals surface area contributed by atoms with Crippen molar-refractivity contribution in [2.75, 3.05) is 19.0 Å². The molecule has 0 aliphatic heterocycles. The maximum absolute atomic E-state index is 12.6. The monoisotopic (exact) mass is 338 g/mol. The summed E-state index contributed by atoms with van der Waals surface area (Å²) < 4.78 is 11.8. The lowest BCUT2D eigenvalue weighted by molar-refractivity contribution is -0.142. The number of hydrogen-bond acceptors (Lipinski definition) is 4. The zero-order valence-electron chi connectivity index (χ0n) is 14.0. The lowest BCUT2D eigenvalue weighted by Crippen LogP contribution is -2.13. The fraction of sp³-hybridized carbons (Fsp3) is 0.158. The molecule has 0 radical (unpaired) electrons. The van der Waals surface area contributed by atoms with Gasteiger partial charge in [0, 0.05) is 35.4 Å². The van der Waals surface area contributed by atoms with Gasteiger partial charge < -0.3 is 19.4 Å². The standard InChI is InChI=1S/C19H18N2O4/c1-21-11-10-15-16(4-3-5-17(15)21)19(23)20-13-6-8-14(9-7-13)25-12-18(22)24-2/h3-11H,12H2,1-2H3,(H,20,23). The fourth-order valence-corrected chi connectivity index (χ4v) is 2.53. The SMILES string of the molecule is COC(=O)COc1ccc(NC(=O)c2cccc3c2ccn3C)cc1. The maximum Gasteiger partial charge on any atom is 0.343 e. The Morgan fingerprint density at radius 2 is 1.84 bits per heavy atom. The molecule has 2 aromatic carbocycles. The number of rotatable bonds is 5. The van der Waals surface area contributed by atoms with Gasteiger partial charge in [0.1, 0.15) is 5.75 Å². The summed E-state index contributed by atoms with van der Waals surface area (Å²) in [6.07, 6.45) is 1.93. The highest BCUT2D eigenvalue weighted by Gasteiger charge is 2.12. The van der Waals surface area contributed by atoms with Gasteiger partial charge in [0.15, 0.2) is 6.61 Å². The molecular weight excluding hydrogens is 320 g/mol. The minimum absolute atomic E-state index is 0.155. The van der Waals surface area contributed by atoms with E-state index in [1.54, 1.807) is 30.3 Å². The van der Waals surface area contributed by atoms with Gasteiger partial charge in [0.2, 0.25) is 0 Å². The van der Waals surface area contributed by atoms with Crippen molar-refractivity contribution in [2.24, 2.45) is 7.05 Å². The molecule has 0 aliphatic rings. The first-order chi connectivity index (χ1) is 12.1. The highest BCUT2D eigenvalue weighted by atomic mass is 16.6. The van der Waals surface area contributed by atoms with E-state index in [0.717, 1.165) is 10.9 Å². The number of carbonyl (C=O) groups is 2. The van der Waals surface area contributed by atoms with Crippen LogP contribution in [0.1, 0.15) is 10.4 Å². The number of esters is 1. The number of methoxy groups -OCH3 is 1. The zero-order valence-corrected chi connectivity index (χ0v) is 14.0. The highest BCUT2D eigenvalue weighted by molar-refractivity contribution is 6.12. The maximum atomic E-state index is 12.6. The van der Waals surface area contributed by atoms with Crippen LogP contribution in [0.15, 0.2) is 54.7 Å². The molecule has 25 heavy (non-hydrogen) atoms. The first-order valence-corrected chi connectivity index (χ1v) is 7.73. The Hall–Kier alpha value is -3.28. The molecule has 0 spiro atoms. The van der Waals surface area contributed by atoms with Crippen LogP contribution in [0.5, 0.6) is 5.75 Å². The number of fused-ring (bicyclic) bond motifs is 1. The molecule has 3 aromatic rings. The summed E-state index contributed by atoms with van der Waals surface area (Å²) in [7, 11) is 3.24. The van der Waals surface area contributed by atoms with E-state index >= 15 is 0 Å². The Kier molecular flexibility index (Phi) is 4.70. The van der Waals surface area contributed by atoms with Gasteiger partial charge in [-0.15, -0.1) is 0 Å². The molecule has 0 saturated heterocycles. The molecule has 1 amide bonds. The van der Waals surface area contributed by atoms with E-state index in [-0.39, 0.29) is 12.5 Å². The number of nitrogens with zero attached hydrogens (tertiary/aromatic N) is 1. The van der Waals surface area contributed by atoms with Crippen molar-refractivity contribution < 1.29 is 19.1 Å². The van der Waals surface area contributed by atoms with E-state index < -0.39 is 5.97 Å². The van der Waals surface area contributed by atoms with Crippen LogP contribution >= 0.6 is 0 Å². The van der Waals surface area contributed by atoms with Crippen molar-refractivity contribution >= 4 is 28.5 Å². The van der Waals surface area contributed by atoms with Gasteiger partial charge in [-0.25, -0.2) is 4.79 Å². The number of aromatic nitrogens is 1. The number of amides is 1. The van der Waals surface area contributed by atoms with Gasteiger partial charge in [-0.1, -0.05) is 6.07 Å². The molecule has 0 saturated carbocycles. The Morgan fingerprint density at radius 1 is 1.08 bits per heavy atom. The lowest BCUT2D eigenvalue weighted by Gasteiger charge is -2.08. The first kappa shape index (κ1) is 16.6. The highest BCUT2D eigenvalue weighted by Crippen LogP contribution is 2.21. The van der Waals surface area contributed by atoms with Crippen LogP contribution in [-0.2, 0) is 16.6 Å². The largest absolute Gasteiger partial charge is 0.482 e. The predicted octanol–water partition coefficient (Wildman–Crippen LogP) is 2.98. The first-order valence-electron chi connectivity index (χ1n) is 7.73. The van der Waals surface area contributed by atoms with Crippen LogP contribution in [0.25, 0.3) is 10.9 Å². The lowest BCUT2D eigenvalue weighted by atomic mass is 10.1. The van der Waals surface area contributed by atoms with Gasteiger partial charge in [0.25, 0.3) is 5.91 Å². The smallest absolute Gasteiger partial charge is 0.343 e. The van der Waals surface area contributed by atoms with Crippen LogP contribution in [0.4, 0.5) is 5.69 Å². The summed E-state index contributed by atoms with van der Waals surface area (Å²) >= 11 is 0.